The van der Waals surface area contributed by atoms with Crippen LogP contribution in [0, 0.1) is 0 Å². The van der Waals surface area contributed by atoms with Gasteiger partial charge in [0.15, 0.2) is 0 Å². The fraction of sp³-hybridized carbons (Fsp3) is 0. The molecule has 0 aliphatic carbocycles. The van der Waals surface area contributed by atoms with E-state index in [1.807, 2.05) is 53.4 Å². The van der Waals surface area contributed by atoms with E-state index >= 15 is 0 Å². The van der Waals surface area contributed by atoms with Crippen LogP contribution in [0.4, 0.5) is 0 Å². The normalized spacial score (nSPS) is 8.71. The molecule has 0 fully saturated rings. The number of nitrogens with zero attached hydrogens (tertiary/aromatic N) is 1. The van der Waals surface area contributed by atoms with E-state index in [0.29, 0.717) is 0 Å². The quantitative estimate of drug-likeness (QED) is 0.623. The Balaban J connectivity index is 0.000000845. The first-order chi connectivity index (χ1) is 5.86. The fourth-order valence-corrected chi connectivity index (χ4v) is 1.19. The molecule has 0 saturated carbocycles. The van der Waals surface area contributed by atoms with E-state index in [0.717, 1.165) is 11.2 Å². The van der Waals surface area contributed by atoms with E-state index in [-0.39, 0.29) is 11.0 Å². The molecule has 14 heavy (non-hydrogen) atoms. The van der Waals surface area contributed by atoms with Crippen LogP contribution in [0.2, 0.25) is 0 Å². The van der Waals surface area contributed by atoms with Crippen molar-refractivity contribution in [3.8, 4) is 5.69 Å². The van der Waals surface area contributed by atoms with Crippen LogP contribution >= 0.6 is 0 Å². The zero-order valence-corrected chi connectivity index (χ0v) is 7.54. The van der Waals surface area contributed by atoms with Crippen molar-refractivity contribution in [2.75, 3.05) is 0 Å². The van der Waals surface area contributed by atoms with Gasteiger partial charge < -0.3 is 11.0 Å². The molecular weight excluding hydrogens is 177 g/mol. The van der Waals surface area contributed by atoms with Gasteiger partial charge in [-0.1, -0.05) is 0 Å². The Bertz CT molecular complexity index is 373. The third-order valence-corrected chi connectivity index (χ3v) is 1.77. The fourth-order valence-electron chi connectivity index (χ4n) is 1.19. The summed E-state index contributed by atoms with van der Waals surface area (Å²) in [5, 5.41) is 0. The molecule has 0 radical (unpaired) electrons. The van der Waals surface area contributed by atoms with E-state index in [1.54, 1.807) is 0 Å². The topological polar surface area (TPSA) is 64.9 Å². The first-order valence-electron chi connectivity index (χ1n) is 3.85. The van der Waals surface area contributed by atoms with Gasteiger partial charge in [-0.3, -0.25) is 0 Å². The Morgan fingerprint density at radius 1 is 0.929 bits per heavy atom. The summed E-state index contributed by atoms with van der Waals surface area (Å²) in [6.07, 6.45) is 3.99. The number of rotatable bonds is 1. The van der Waals surface area contributed by atoms with Crippen LogP contribution in [0.15, 0.2) is 48.8 Å². The van der Waals surface area contributed by atoms with Gasteiger partial charge >= 0.3 is 72.4 Å². The van der Waals surface area contributed by atoms with Crippen molar-refractivity contribution in [3.05, 3.63) is 48.8 Å². The molecule has 0 atom stereocenters. The van der Waals surface area contributed by atoms with Gasteiger partial charge in [0.05, 0.1) is 0 Å². The van der Waals surface area contributed by atoms with E-state index in [2.05, 4.69) is 0 Å². The second-order valence-electron chi connectivity index (χ2n) is 2.69. The zero-order valence-electron chi connectivity index (χ0n) is 7.54. The van der Waals surface area contributed by atoms with Gasteiger partial charge in [-0.25, -0.2) is 0 Å². The zero-order chi connectivity index (χ0) is 8.39. The molecular formula is C10H10BNO2. The number of benzene rings is 1. The molecule has 4 heteroatoms. The molecule has 2 N–H and O–H groups in total. The Morgan fingerprint density at radius 3 is 2.14 bits per heavy atom. The van der Waals surface area contributed by atoms with Crippen molar-refractivity contribution >= 4 is 13.3 Å². The molecule has 1 aromatic heterocycles. The second kappa shape index (κ2) is 5.27. The van der Waals surface area contributed by atoms with Crippen LogP contribution < -0.4 is 5.46 Å². The van der Waals surface area contributed by atoms with Gasteiger partial charge in [0.25, 0.3) is 0 Å². The Kier molecular flexibility index (Phi) is 4.70. The van der Waals surface area contributed by atoms with E-state index in [1.165, 1.54) is 0 Å². The van der Waals surface area contributed by atoms with Crippen molar-refractivity contribution in [1.82, 2.24) is 4.57 Å². The van der Waals surface area contributed by atoms with Gasteiger partial charge in [0.1, 0.15) is 0 Å². The van der Waals surface area contributed by atoms with E-state index in [9.17, 15) is 0 Å². The first kappa shape index (κ1) is 12.5. The third-order valence-electron chi connectivity index (χ3n) is 1.77. The molecule has 3 nitrogen and oxygen atoms in total. The average Bonchev–Trinajstić information content (AvgIpc) is 2.56. The van der Waals surface area contributed by atoms with Crippen LogP contribution in [0.1, 0.15) is 0 Å². The van der Waals surface area contributed by atoms with Crippen molar-refractivity contribution in [1.29, 1.82) is 0 Å². The molecule has 0 bridgehead atoms. The van der Waals surface area contributed by atoms with Crippen LogP contribution in [-0.4, -0.2) is 23.4 Å². The number of aromatic nitrogens is 1. The molecule has 0 spiro atoms. The van der Waals surface area contributed by atoms with Gasteiger partial charge in [-0.05, 0) is 0 Å². The van der Waals surface area contributed by atoms with Crippen LogP contribution in [0.3, 0.4) is 0 Å². The van der Waals surface area contributed by atoms with E-state index < -0.39 is 0 Å². The summed E-state index contributed by atoms with van der Waals surface area (Å²) < 4.78 is 2.02. The number of hydrogen-bond acceptors (Lipinski definition) is 2. The molecule has 0 aliphatic rings. The van der Waals surface area contributed by atoms with Gasteiger partial charge in [0, 0.05) is 0 Å². The monoisotopic (exact) mass is 187 g/mol. The minimum Gasteiger partial charge on any atom is -0.870 e. The smallest absolute Gasteiger partial charge is 0.870 e. The maximum absolute atomic E-state index is 5.65. The summed E-state index contributed by atoms with van der Waals surface area (Å²) in [6.45, 7) is 0. The maximum atomic E-state index is 5.65. The molecule has 0 unspecified atom stereocenters. The summed E-state index contributed by atoms with van der Waals surface area (Å²) >= 11 is 0. The summed E-state index contributed by atoms with van der Waals surface area (Å²) in [4.78, 5) is 0. The van der Waals surface area contributed by atoms with Crippen molar-refractivity contribution in [2.45, 2.75) is 0 Å². The molecule has 2 aromatic rings. The molecule has 1 heterocycles. The predicted octanol–water partition coefficient (Wildman–Crippen LogP) is 0.917. The molecule has 0 aliphatic heterocycles. The van der Waals surface area contributed by atoms with Crippen molar-refractivity contribution in [3.63, 3.8) is 0 Å². The van der Waals surface area contributed by atoms with Gasteiger partial charge in [-0.2, -0.15) is 0 Å². The maximum Gasteiger partial charge on any atom is -0.870 e. The largest absolute Gasteiger partial charge is 0.870 e. The van der Waals surface area contributed by atoms with Crippen molar-refractivity contribution in [2.24, 2.45) is 0 Å². The second-order valence-corrected chi connectivity index (χ2v) is 2.69. The Labute approximate surface area is 84.0 Å². The summed E-state index contributed by atoms with van der Waals surface area (Å²) in [7, 11) is 5.65. The van der Waals surface area contributed by atoms with Gasteiger partial charge in [-0.15, -0.1) is 0 Å². The molecule has 70 valence electrons. The third kappa shape index (κ3) is 2.48. The number of hydrogen-bond donors (Lipinski definition) is 0. The van der Waals surface area contributed by atoms with Crippen LogP contribution in [0.5, 0.6) is 0 Å². The van der Waals surface area contributed by atoms with Crippen LogP contribution in [-0.2, 0) is 0 Å². The summed E-state index contributed by atoms with van der Waals surface area (Å²) in [5.41, 5.74) is 1.89. The Hall–Kier alpha value is -1.52. The standard InChI is InChI=1S/C10H8BN.2H2O/c11-9-4-3-5-10(8-9)12-6-1-2-7-12;;/h1-8H;2*1H2/q+2;;/p-2. The summed E-state index contributed by atoms with van der Waals surface area (Å²) in [5.74, 6) is 0. The minimum absolute atomic E-state index is 0. The first-order valence-corrected chi connectivity index (χ1v) is 3.85. The molecule has 0 amide bonds. The Morgan fingerprint density at radius 2 is 1.57 bits per heavy atom. The summed E-state index contributed by atoms with van der Waals surface area (Å²) in [6, 6.07) is 11.8. The van der Waals surface area contributed by atoms with Crippen molar-refractivity contribution < 1.29 is 11.0 Å². The average molecular weight is 187 g/mol. The molecule has 0 saturated heterocycles. The van der Waals surface area contributed by atoms with Crippen LogP contribution in [0.25, 0.3) is 5.69 Å². The van der Waals surface area contributed by atoms with E-state index in [4.69, 9.17) is 7.85 Å². The predicted molar refractivity (Wildman–Crippen MR) is 55.0 cm³/mol. The SMILES string of the molecule is [B+2]c1cccc(-n2cccc2)c1.[OH-].[OH-]. The van der Waals surface area contributed by atoms with Gasteiger partial charge in [0.2, 0.25) is 0 Å². The molecule has 2 rings (SSSR count). The minimum atomic E-state index is 0. The molecule has 1 aromatic carbocycles.